The molecule has 0 unspecified atom stereocenters. The number of imidazole rings is 2. The van der Waals surface area contributed by atoms with Gasteiger partial charge in [-0.05, 0) is 12.1 Å². The van der Waals surface area contributed by atoms with Crippen LogP contribution in [0.15, 0.2) is 90.6 Å². The molecule has 5 heterocycles. The molecule has 0 aliphatic heterocycles. The minimum absolute atomic E-state index is 0.0300. The highest BCUT2D eigenvalue weighted by atomic mass is 16.5. The van der Waals surface area contributed by atoms with Gasteiger partial charge in [-0.1, -0.05) is 6.07 Å². The van der Waals surface area contributed by atoms with Crippen molar-refractivity contribution in [2.24, 2.45) is 0 Å². The van der Waals surface area contributed by atoms with Gasteiger partial charge in [0, 0.05) is 67.6 Å². The van der Waals surface area contributed by atoms with Gasteiger partial charge in [-0.2, -0.15) is 0 Å². The Bertz CT molecular complexity index is 1190. The molecule has 0 saturated heterocycles. The fraction of sp³-hybridized carbons (Fsp3) is 0. The Labute approximate surface area is 148 Å². The number of hydrogen-bond donors (Lipinski definition) is 1. The van der Waals surface area contributed by atoms with Crippen LogP contribution < -0.4 is 10.2 Å². The monoisotopic (exact) mass is 345 g/mol. The summed E-state index contributed by atoms with van der Waals surface area (Å²) in [7, 11) is 0. The van der Waals surface area contributed by atoms with Crippen molar-refractivity contribution in [2.45, 2.75) is 0 Å². The second-order valence-electron chi connectivity index (χ2n) is 5.44. The molecular formula is C19H15N5O2. The molecule has 0 fully saturated rings. The minimum Gasteiger partial charge on any atom is -0.439 e. The highest BCUT2D eigenvalue weighted by Gasteiger charge is 1.99. The number of rotatable bonds is 2. The smallest absolute Gasteiger partial charge is 0.219 e. The molecule has 0 atom stereocenters. The molecule has 0 bridgehead atoms. The standard InChI is InChI=1S/C12H9N3O.C7H6N2O/c1-2-5-14-12(3-1)16-10-4-7-15-8-6-13-11(15)9-10;10-6-1-3-9-4-2-8-7(9)5-6/h1-9H;1-5,8H. The van der Waals surface area contributed by atoms with E-state index in [9.17, 15) is 4.79 Å². The molecule has 0 radical (unpaired) electrons. The zero-order valence-corrected chi connectivity index (χ0v) is 13.7. The predicted octanol–water partition coefficient (Wildman–Crippen LogP) is 3.15. The number of nitrogens with one attached hydrogen (secondary N) is 1. The number of aromatic amines is 1. The summed E-state index contributed by atoms with van der Waals surface area (Å²) in [5.74, 6) is 1.32. The summed E-state index contributed by atoms with van der Waals surface area (Å²) < 4.78 is 9.36. The largest absolute Gasteiger partial charge is 0.439 e. The van der Waals surface area contributed by atoms with Crippen molar-refractivity contribution in [3.05, 3.63) is 96.1 Å². The maximum atomic E-state index is 10.7. The summed E-state index contributed by atoms with van der Waals surface area (Å²) in [4.78, 5) is 21.9. The lowest BCUT2D eigenvalue weighted by Crippen LogP contribution is -1.97. The SMILES string of the molecule is O=c1ccn2cc[nH]c2c1.c1ccc(Oc2ccn3ccnc3c2)nc1. The van der Waals surface area contributed by atoms with Gasteiger partial charge >= 0.3 is 0 Å². The first-order valence-electron chi connectivity index (χ1n) is 7.95. The first-order chi connectivity index (χ1) is 12.8. The maximum absolute atomic E-state index is 10.7. The number of nitrogens with zero attached hydrogens (tertiary/aromatic N) is 4. The van der Waals surface area contributed by atoms with Crippen LogP contribution in [0.5, 0.6) is 11.6 Å². The molecule has 5 aromatic rings. The Morgan fingerprint density at radius 3 is 2.69 bits per heavy atom. The van der Waals surface area contributed by atoms with Gasteiger partial charge in [0.05, 0.1) is 0 Å². The number of H-pyrrole nitrogens is 1. The van der Waals surface area contributed by atoms with E-state index in [0.29, 0.717) is 5.88 Å². The van der Waals surface area contributed by atoms with Gasteiger partial charge in [0.15, 0.2) is 5.43 Å². The van der Waals surface area contributed by atoms with E-state index in [0.717, 1.165) is 17.0 Å². The first-order valence-corrected chi connectivity index (χ1v) is 7.95. The Hall–Kier alpha value is -3.87. The van der Waals surface area contributed by atoms with Crippen LogP contribution >= 0.6 is 0 Å². The Balaban J connectivity index is 0.000000144. The third-order valence-corrected chi connectivity index (χ3v) is 3.65. The van der Waals surface area contributed by atoms with Crippen molar-refractivity contribution in [3.63, 3.8) is 0 Å². The van der Waals surface area contributed by atoms with Gasteiger partial charge in [0.25, 0.3) is 0 Å². The molecule has 0 spiro atoms. The molecule has 7 heteroatoms. The van der Waals surface area contributed by atoms with Gasteiger partial charge in [-0.25, -0.2) is 9.97 Å². The van der Waals surface area contributed by atoms with Gasteiger partial charge in [-0.15, -0.1) is 0 Å². The molecule has 26 heavy (non-hydrogen) atoms. The van der Waals surface area contributed by atoms with Crippen molar-refractivity contribution in [2.75, 3.05) is 0 Å². The predicted molar refractivity (Wildman–Crippen MR) is 97.5 cm³/mol. The molecule has 0 aliphatic carbocycles. The van der Waals surface area contributed by atoms with E-state index < -0.39 is 0 Å². The van der Waals surface area contributed by atoms with E-state index in [1.165, 1.54) is 6.07 Å². The normalized spacial score (nSPS) is 10.5. The van der Waals surface area contributed by atoms with E-state index in [1.54, 1.807) is 30.9 Å². The molecule has 1 N–H and O–H groups in total. The highest BCUT2D eigenvalue weighted by molar-refractivity contribution is 5.45. The molecule has 7 nitrogen and oxygen atoms in total. The van der Waals surface area contributed by atoms with Crippen LogP contribution in [0, 0.1) is 0 Å². The van der Waals surface area contributed by atoms with Crippen LogP contribution in [-0.2, 0) is 0 Å². The van der Waals surface area contributed by atoms with Gasteiger partial charge < -0.3 is 18.5 Å². The molecule has 0 aliphatic rings. The quantitative estimate of drug-likeness (QED) is 0.533. The van der Waals surface area contributed by atoms with Crippen LogP contribution in [0.1, 0.15) is 0 Å². The fourth-order valence-electron chi connectivity index (χ4n) is 2.42. The van der Waals surface area contributed by atoms with Crippen LogP contribution in [-0.4, -0.2) is 23.8 Å². The Kier molecular flexibility index (Phi) is 4.17. The summed E-state index contributed by atoms with van der Waals surface area (Å²) in [6.45, 7) is 0. The third kappa shape index (κ3) is 3.46. The van der Waals surface area contributed by atoms with Crippen molar-refractivity contribution >= 4 is 11.3 Å². The summed E-state index contributed by atoms with van der Waals surface area (Å²) in [6, 6.07) is 12.4. The Morgan fingerprint density at radius 2 is 1.81 bits per heavy atom. The van der Waals surface area contributed by atoms with E-state index in [4.69, 9.17) is 4.74 Å². The fourth-order valence-corrected chi connectivity index (χ4v) is 2.42. The van der Waals surface area contributed by atoms with Crippen molar-refractivity contribution in [1.82, 2.24) is 23.8 Å². The molecule has 0 aromatic carbocycles. The Morgan fingerprint density at radius 1 is 0.885 bits per heavy atom. The van der Waals surface area contributed by atoms with E-state index >= 15 is 0 Å². The summed E-state index contributed by atoms with van der Waals surface area (Å²) in [5.41, 5.74) is 1.71. The van der Waals surface area contributed by atoms with Crippen molar-refractivity contribution in [3.8, 4) is 11.6 Å². The van der Waals surface area contributed by atoms with Crippen LogP contribution in [0.4, 0.5) is 0 Å². The highest BCUT2D eigenvalue weighted by Crippen LogP contribution is 2.19. The lowest BCUT2D eigenvalue weighted by molar-refractivity contribution is 0.462. The summed E-state index contributed by atoms with van der Waals surface area (Å²) in [5, 5.41) is 0. The zero-order valence-electron chi connectivity index (χ0n) is 13.7. The van der Waals surface area contributed by atoms with E-state index in [2.05, 4.69) is 15.0 Å². The number of hydrogen-bond acceptors (Lipinski definition) is 4. The zero-order chi connectivity index (χ0) is 17.8. The molecule has 0 amide bonds. The molecule has 128 valence electrons. The number of fused-ring (bicyclic) bond motifs is 2. The summed E-state index contributed by atoms with van der Waals surface area (Å²) in [6.07, 6.45) is 12.6. The molecule has 5 aromatic heterocycles. The second-order valence-corrected chi connectivity index (χ2v) is 5.44. The minimum atomic E-state index is 0.0300. The van der Waals surface area contributed by atoms with Gasteiger partial charge in [0.2, 0.25) is 5.88 Å². The molecule has 5 rings (SSSR count). The second kappa shape index (κ2) is 6.94. The van der Waals surface area contributed by atoms with Crippen LogP contribution in [0.25, 0.3) is 11.3 Å². The average Bonchev–Trinajstić information content (AvgIpc) is 3.31. The van der Waals surface area contributed by atoms with Crippen LogP contribution in [0.3, 0.4) is 0 Å². The third-order valence-electron chi connectivity index (χ3n) is 3.65. The van der Waals surface area contributed by atoms with Crippen molar-refractivity contribution in [1.29, 1.82) is 0 Å². The molecular weight excluding hydrogens is 330 g/mol. The first kappa shape index (κ1) is 15.6. The summed E-state index contributed by atoms with van der Waals surface area (Å²) >= 11 is 0. The van der Waals surface area contributed by atoms with E-state index in [1.807, 2.05) is 57.7 Å². The van der Waals surface area contributed by atoms with Gasteiger partial charge in [0.1, 0.15) is 17.0 Å². The number of ether oxygens (including phenoxy) is 1. The van der Waals surface area contributed by atoms with E-state index in [-0.39, 0.29) is 5.43 Å². The van der Waals surface area contributed by atoms with Crippen molar-refractivity contribution < 1.29 is 4.74 Å². The van der Waals surface area contributed by atoms with Gasteiger partial charge in [-0.3, -0.25) is 4.79 Å². The average molecular weight is 345 g/mol. The number of pyridine rings is 3. The number of aromatic nitrogens is 5. The lowest BCUT2D eigenvalue weighted by Gasteiger charge is -2.03. The lowest BCUT2D eigenvalue weighted by atomic mass is 10.4. The van der Waals surface area contributed by atoms with Crippen LogP contribution in [0.2, 0.25) is 0 Å². The topological polar surface area (TPSA) is 76.7 Å². The molecule has 0 saturated carbocycles. The maximum Gasteiger partial charge on any atom is 0.219 e.